The van der Waals surface area contributed by atoms with Gasteiger partial charge in [0.1, 0.15) is 5.69 Å². The minimum absolute atomic E-state index is 0.337. The second-order valence-corrected chi connectivity index (χ2v) is 8.53. The highest BCUT2D eigenvalue weighted by Crippen LogP contribution is 2.34. The molecule has 0 aliphatic carbocycles. The SMILES string of the molecule is CN1CCN(c2cncc3[nH]c(-c4n[nH]c5cnc(C6C=CNCC6)cc45)cc23)CC1. The third-order valence-corrected chi connectivity index (χ3v) is 6.52. The van der Waals surface area contributed by atoms with Crippen LogP contribution in [-0.2, 0) is 0 Å². The Bertz CT molecular complexity index is 1260. The second-order valence-electron chi connectivity index (χ2n) is 8.53. The number of aromatic amines is 2. The Labute approximate surface area is 180 Å². The van der Waals surface area contributed by atoms with Crippen molar-refractivity contribution in [2.45, 2.75) is 12.3 Å². The standard InChI is InChI=1S/C23H26N8/c1-30-6-8-31(9-7-30)22-14-25-12-20-16(22)10-19(27-20)23-17-11-18(15-2-4-24-5-3-15)26-13-21(17)28-29-23/h2,4,10-15,24,27H,3,5-9H2,1H3,(H,28,29). The van der Waals surface area contributed by atoms with Gasteiger partial charge in [-0.15, -0.1) is 0 Å². The number of piperazine rings is 1. The Morgan fingerprint density at radius 1 is 1.00 bits per heavy atom. The van der Waals surface area contributed by atoms with Crippen molar-refractivity contribution in [2.24, 2.45) is 0 Å². The monoisotopic (exact) mass is 414 g/mol. The van der Waals surface area contributed by atoms with Gasteiger partial charge in [0, 0.05) is 55.1 Å². The van der Waals surface area contributed by atoms with Crippen molar-refractivity contribution < 1.29 is 0 Å². The van der Waals surface area contributed by atoms with Gasteiger partial charge in [0.15, 0.2) is 0 Å². The smallest absolute Gasteiger partial charge is 0.116 e. The lowest BCUT2D eigenvalue weighted by molar-refractivity contribution is 0.313. The topological polar surface area (TPSA) is 88.8 Å². The molecule has 0 saturated carbocycles. The molecule has 1 atom stereocenters. The highest BCUT2D eigenvalue weighted by atomic mass is 15.3. The Morgan fingerprint density at radius 2 is 1.90 bits per heavy atom. The molecule has 0 amide bonds. The number of nitrogens with one attached hydrogen (secondary N) is 3. The van der Waals surface area contributed by atoms with Crippen LogP contribution in [-0.4, -0.2) is 69.8 Å². The summed E-state index contributed by atoms with van der Waals surface area (Å²) in [7, 11) is 2.18. The minimum Gasteiger partial charge on any atom is -0.391 e. The predicted octanol–water partition coefficient (Wildman–Crippen LogP) is 2.84. The van der Waals surface area contributed by atoms with Crippen molar-refractivity contribution in [1.29, 1.82) is 0 Å². The summed E-state index contributed by atoms with van der Waals surface area (Å²) in [5.74, 6) is 0.337. The molecule has 4 aromatic heterocycles. The van der Waals surface area contributed by atoms with Gasteiger partial charge < -0.3 is 20.1 Å². The van der Waals surface area contributed by atoms with Crippen LogP contribution < -0.4 is 10.2 Å². The number of pyridine rings is 2. The molecule has 0 aromatic carbocycles. The number of fused-ring (bicyclic) bond motifs is 2. The number of hydrogen-bond donors (Lipinski definition) is 3. The molecule has 1 saturated heterocycles. The van der Waals surface area contributed by atoms with E-state index in [0.29, 0.717) is 5.92 Å². The van der Waals surface area contributed by atoms with Crippen LogP contribution in [0.3, 0.4) is 0 Å². The van der Waals surface area contributed by atoms with Crippen LogP contribution in [0.25, 0.3) is 33.2 Å². The largest absolute Gasteiger partial charge is 0.391 e. The fraction of sp³-hybridized carbons (Fsp3) is 0.348. The summed E-state index contributed by atoms with van der Waals surface area (Å²) >= 11 is 0. The first-order chi connectivity index (χ1) is 15.3. The van der Waals surface area contributed by atoms with Crippen molar-refractivity contribution in [3.63, 3.8) is 0 Å². The molecule has 0 bridgehead atoms. The molecule has 4 aromatic rings. The summed E-state index contributed by atoms with van der Waals surface area (Å²) in [6.45, 7) is 5.14. The first kappa shape index (κ1) is 18.4. The van der Waals surface area contributed by atoms with Gasteiger partial charge in [-0.2, -0.15) is 5.10 Å². The zero-order chi connectivity index (χ0) is 20.8. The number of allylic oxidation sites excluding steroid dienone is 1. The number of hydrogen-bond acceptors (Lipinski definition) is 6. The van der Waals surface area contributed by atoms with Gasteiger partial charge in [-0.25, -0.2) is 0 Å². The van der Waals surface area contributed by atoms with Gasteiger partial charge in [0.05, 0.1) is 41.0 Å². The maximum atomic E-state index is 4.68. The van der Waals surface area contributed by atoms with Gasteiger partial charge in [0.2, 0.25) is 0 Å². The molecular weight excluding hydrogens is 388 g/mol. The van der Waals surface area contributed by atoms with E-state index in [-0.39, 0.29) is 0 Å². The van der Waals surface area contributed by atoms with Crippen molar-refractivity contribution in [3.8, 4) is 11.4 Å². The van der Waals surface area contributed by atoms with E-state index >= 15 is 0 Å². The van der Waals surface area contributed by atoms with Gasteiger partial charge in [-0.3, -0.25) is 15.1 Å². The summed E-state index contributed by atoms with van der Waals surface area (Å²) < 4.78 is 0. The van der Waals surface area contributed by atoms with Crippen molar-refractivity contribution in [3.05, 3.63) is 48.7 Å². The van der Waals surface area contributed by atoms with Crippen LogP contribution in [0, 0.1) is 0 Å². The zero-order valence-corrected chi connectivity index (χ0v) is 17.6. The van der Waals surface area contributed by atoms with Crippen LogP contribution in [0.1, 0.15) is 18.0 Å². The summed E-state index contributed by atoms with van der Waals surface area (Å²) in [6, 6.07) is 4.39. The third-order valence-electron chi connectivity index (χ3n) is 6.52. The van der Waals surface area contributed by atoms with Crippen molar-refractivity contribution in [2.75, 3.05) is 44.7 Å². The Kier molecular flexibility index (Phi) is 4.38. The highest BCUT2D eigenvalue weighted by Gasteiger charge is 2.20. The minimum atomic E-state index is 0.337. The Hall–Kier alpha value is -3.39. The van der Waals surface area contributed by atoms with E-state index in [2.05, 4.69) is 65.5 Å². The number of rotatable bonds is 3. The van der Waals surface area contributed by atoms with Crippen LogP contribution in [0.15, 0.2) is 43.0 Å². The number of H-pyrrole nitrogens is 2. The van der Waals surface area contributed by atoms with E-state index in [9.17, 15) is 0 Å². The molecule has 6 rings (SSSR count). The number of aromatic nitrogens is 5. The molecular formula is C23H26N8. The molecule has 0 spiro atoms. The lowest BCUT2D eigenvalue weighted by atomic mass is 9.97. The predicted molar refractivity (Wildman–Crippen MR) is 123 cm³/mol. The lowest BCUT2D eigenvalue weighted by Gasteiger charge is -2.34. The number of likely N-dealkylation sites (N-methyl/N-ethyl adjacent to an activating group) is 1. The van der Waals surface area contributed by atoms with Crippen molar-refractivity contribution in [1.82, 2.24) is 35.4 Å². The first-order valence-electron chi connectivity index (χ1n) is 10.9. The zero-order valence-electron chi connectivity index (χ0n) is 17.6. The van der Waals surface area contributed by atoms with Crippen LogP contribution in [0.2, 0.25) is 0 Å². The molecule has 6 heterocycles. The molecule has 1 unspecified atom stereocenters. The molecule has 2 aliphatic rings. The molecule has 158 valence electrons. The molecule has 8 heteroatoms. The second kappa shape index (κ2) is 7.39. The van der Waals surface area contributed by atoms with E-state index in [1.54, 1.807) is 0 Å². The molecule has 3 N–H and O–H groups in total. The molecule has 31 heavy (non-hydrogen) atoms. The normalized spacial score (nSPS) is 19.9. The van der Waals surface area contributed by atoms with Gasteiger partial charge in [-0.05, 0) is 31.8 Å². The summed E-state index contributed by atoms with van der Waals surface area (Å²) in [5, 5.41) is 13.3. The Morgan fingerprint density at radius 3 is 2.74 bits per heavy atom. The summed E-state index contributed by atoms with van der Waals surface area (Å²) in [5.41, 5.74) is 6.20. The van der Waals surface area contributed by atoms with E-state index in [1.807, 2.05) is 24.8 Å². The van der Waals surface area contributed by atoms with Crippen molar-refractivity contribution >= 4 is 27.5 Å². The maximum absolute atomic E-state index is 4.68. The van der Waals surface area contributed by atoms with E-state index in [0.717, 1.165) is 72.6 Å². The van der Waals surface area contributed by atoms with Crippen LogP contribution in [0.4, 0.5) is 5.69 Å². The average Bonchev–Trinajstić information content (AvgIpc) is 3.43. The summed E-state index contributed by atoms with van der Waals surface area (Å²) in [4.78, 5) is 17.5. The van der Waals surface area contributed by atoms with Crippen LogP contribution >= 0.6 is 0 Å². The van der Waals surface area contributed by atoms with Gasteiger partial charge in [0.25, 0.3) is 0 Å². The lowest BCUT2D eigenvalue weighted by Crippen LogP contribution is -2.44. The van der Waals surface area contributed by atoms with E-state index < -0.39 is 0 Å². The van der Waals surface area contributed by atoms with E-state index in [1.165, 1.54) is 11.1 Å². The molecule has 0 radical (unpaired) electrons. The fourth-order valence-corrected chi connectivity index (χ4v) is 4.65. The van der Waals surface area contributed by atoms with E-state index in [4.69, 9.17) is 0 Å². The number of nitrogens with zero attached hydrogens (tertiary/aromatic N) is 5. The first-order valence-corrected chi connectivity index (χ1v) is 10.9. The van der Waals surface area contributed by atoms with Crippen LogP contribution in [0.5, 0.6) is 0 Å². The van der Waals surface area contributed by atoms with Gasteiger partial charge in [-0.1, -0.05) is 6.08 Å². The number of anilines is 1. The molecule has 2 aliphatic heterocycles. The Balaban J connectivity index is 1.41. The molecule has 8 nitrogen and oxygen atoms in total. The summed E-state index contributed by atoms with van der Waals surface area (Å²) in [6.07, 6.45) is 11.1. The molecule has 1 fully saturated rings. The van der Waals surface area contributed by atoms with Gasteiger partial charge >= 0.3 is 0 Å². The fourth-order valence-electron chi connectivity index (χ4n) is 4.65. The maximum Gasteiger partial charge on any atom is 0.116 e. The third kappa shape index (κ3) is 3.23. The quantitative estimate of drug-likeness (QED) is 0.478. The average molecular weight is 415 g/mol. The highest BCUT2D eigenvalue weighted by molar-refractivity contribution is 5.99.